The van der Waals surface area contributed by atoms with Gasteiger partial charge in [-0.15, -0.1) is 0 Å². The zero-order chi connectivity index (χ0) is 12.6. The van der Waals surface area contributed by atoms with Crippen LogP contribution in [0.2, 0.25) is 15.1 Å². The van der Waals surface area contributed by atoms with Crippen molar-refractivity contribution < 1.29 is 0 Å². The molecule has 2 aromatic rings. The highest BCUT2D eigenvalue weighted by molar-refractivity contribution is 6.45. The Morgan fingerprint density at radius 2 is 1.88 bits per heavy atom. The first-order chi connectivity index (χ1) is 8.00. The molecule has 0 aliphatic heterocycles. The Morgan fingerprint density at radius 3 is 2.47 bits per heavy atom. The summed E-state index contributed by atoms with van der Waals surface area (Å²) in [5.74, 6) is 0. The second-order valence-electron chi connectivity index (χ2n) is 3.47. The molecule has 1 aromatic carbocycles. The summed E-state index contributed by atoms with van der Waals surface area (Å²) in [5.41, 5.74) is 1.53. The van der Waals surface area contributed by atoms with E-state index >= 15 is 0 Å². The van der Waals surface area contributed by atoms with E-state index in [-0.39, 0.29) is 5.56 Å². The standard InChI is InChI=1S/C11H7Cl3N2O/c1-5-7(12)4-6(11(14)10(5)13)8-2-3-9(17)16-15-8/h2-4H,1H3,(H,16,17). The van der Waals surface area contributed by atoms with E-state index in [4.69, 9.17) is 34.8 Å². The maximum absolute atomic E-state index is 10.9. The number of rotatable bonds is 1. The predicted octanol–water partition coefficient (Wildman–Crippen LogP) is 3.71. The first-order valence-corrected chi connectivity index (χ1v) is 5.84. The molecule has 2 rings (SSSR count). The fourth-order valence-corrected chi connectivity index (χ4v) is 2.12. The molecule has 1 aromatic heterocycles. The Balaban J connectivity index is 2.68. The van der Waals surface area contributed by atoms with Gasteiger partial charge in [-0.05, 0) is 24.6 Å². The number of benzene rings is 1. The van der Waals surface area contributed by atoms with E-state index in [9.17, 15) is 4.79 Å². The van der Waals surface area contributed by atoms with Gasteiger partial charge in [0.05, 0.1) is 15.7 Å². The van der Waals surface area contributed by atoms with Crippen molar-refractivity contribution in [3.63, 3.8) is 0 Å². The smallest absolute Gasteiger partial charge is 0.264 e. The van der Waals surface area contributed by atoms with Crippen molar-refractivity contribution in [1.29, 1.82) is 0 Å². The highest BCUT2D eigenvalue weighted by Crippen LogP contribution is 2.38. The molecule has 0 aliphatic carbocycles. The molecule has 0 saturated carbocycles. The highest BCUT2D eigenvalue weighted by Gasteiger charge is 2.13. The van der Waals surface area contributed by atoms with Crippen LogP contribution in [-0.2, 0) is 0 Å². The highest BCUT2D eigenvalue weighted by atomic mass is 35.5. The fraction of sp³-hybridized carbons (Fsp3) is 0.0909. The van der Waals surface area contributed by atoms with E-state index in [0.717, 1.165) is 0 Å². The largest absolute Gasteiger partial charge is 0.268 e. The van der Waals surface area contributed by atoms with Crippen molar-refractivity contribution in [3.05, 3.63) is 49.2 Å². The average Bonchev–Trinajstić information content (AvgIpc) is 2.32. The van der Waals surface area contributed by atoms with Crippen LogP contribution in [0.3, 0.4) is 0 Å². The second kappa shape index (κ2) is 4.69. The lowest BCUT2D eigenvalue weighted by Gasteiger charge is -2.09. The van der Waals surface area contributed by atoms with Crippen LogP contribution >= 0.6 is 34.8 Å². The number of halogens is 3. The van der Waals surface area contributed by atoms with Gasteiger partial charge < -0.3 is 0 Å². The third-order valence-electron chi connectivity index (χ3n) is 2.34. The van der Waals surface area contributed by atoms with Gasteiger partial charge in [-0.25, -0.2) is 5.10 Å². The Morgan fingerprint density at radius 1 is 1.18 bits per heavy atom. The number of aromatic amines is 1. The van der Waals surface area contributed by atoms with E-state index in [2.05, 4.69) is 10.2 Å². The van der Waals surface area contributed by atoms with E-state index in [1.165, 1.54) is 6.07 Å². The minimum atomic E-state index is -0.283. The molecule has 1 heterocycles. The van der Waals surface area contributed by atoms with Crippen molar-refractivity contribution >= 4 is 34.8 Å². The number of hydrogen-bond donors (Lipinski definition) is 1. The van der Waals surface area contributed by atoms with Crippen LogP contribution in [0.5, 0.6) is 0 Å². The molecule has 0 fully saturated rings. The Kier molecular flexibility index (Phi) is 3.43. The van der Waals surface area contributed by atoms with Crippen molar-refractivity contribution in [2.75, 3.05) is 0 Å². The van der Waals surface area contributed by atoms with E-state index in [1.807, 2.05) is 0 Å². The van der Waals surface area contributed by atoms with Crippen LogP contribution < -0.4 is 5.56 Å². The third kappa shape index (κ3) is 2.32. The molecular formula is C11H7Cl3N2O. The zero-order valence-corrected chi connectivity index (χ0v) is 11.0. The van der Waals surface area contributed by atoms with Crippen molar-refractivity contribution in [2.45, 2.75) is 6.92 Å². The molecule has 0 spiro atoms. The molecule has 0 aliphatic rings. The van der Waals surface area contributed by atoms with Gasteiger partial charge in [0.15, 0.2) is 0 Å². The van der Waals surface area contributed by atoms with Gasteiger partial charge in [0.2, 0.25) is 0 Å². The number of hydrogen-bond acceptors (Lipinski definition) is 2. The number of nitrogens with zero attached hydrogens (tertiary/aromatic N) is 1. The van der Waals surface area contributed by atoms with Crippen LogP contribution in [0.4, 0.5) is 0 Å². The number of aromatic nitrogens is 2. The normalized spacial score (nSPS) is 10.6. The topological polar surface area (TPSA) is 45.8 Å². The van der Waals surface area contributed by atoms with Gasteiger partial charge in [0.1, 0.15) is 0 Å². The van der Waals surface area contributed by atoms with Gasteiger partial charge in [-0.1, -0.05) is 34.8 Å². The molecule has 0 bridgehead atoms. The molecule has 3 nitrogen and oxygen atoms in total. The molecule has 88 valence electrons. The first kappa shape index (κ1) is 12.4. The van der Waals surface area contributed by atoms with E-state index in [1.54, 1.807) is 19.1 Å². The maximum atomic E-state index is 10.9. The molecule has 6 heteroatoms. The maximum Gasteiger partial charge on any atom is 0.264 e. The summed E-state index contributed by atoms with van der Waals surface area (Å²) in [7, 11) is 0. The number of nitrogens with one attached hydrogen (secondary N) is 1. The SMILES string of the molecule is Cc1c(Cl)cc(-c2ccc(=O)[nH]n2)c(Cl)c1Cl. The first-order valence-electron chi connectivity index (χ1n) is 4.71. The third-order valence-corrected chi connectivity index (χ3v) is 3.70. The Labute approximate surface area is 112 Å². The van der Waals surface area contributed by atoms with Crippen molar-refractivity contribution in [1.82, 2.24) is 10.2 Å². The average molecular weight is 290 g/mol. The molecule has 0 saturated heterocycles. The van der Waals surface area contributed by atoms with Gasteiger partial charge in [0, 0.05) is 16.7 Å². The minimum absolute atomic E-state index is 0.283. The molecule has 0 amide bonds. The quantitative estimate of drug-likeness (QED) is 0.814. The van der Waals surface area contributed by atoms with Gasteiger partial charge in [-0.2, -0.15) is 5.10 Å². The van der Waals surface area contributed by atoms with Crippen LogP contribution in [0.15, 0.2) is 23.0 Å². The monoisotopic (exact) mass is 288 g/mol. The summed E-state index contributed by atoms with van der Waals surface area (Å²) < 4.78 is 0. The molecule has 17 heavy (non-hydrogen) atoms. The Bertz CT molecular complexity index is 617. The molecule has 0 unspecified atom stereocenters. The Hall–Kier alpha value is -1.03. The van der Waals surface area contributed by atoms with Crippen LogP contribution in [-0.4, -0.2) is 10.2 Å². The predicted molar refractivity (Wildman–Crippen MR) is 70.1 cm³/mol. The lowest BCUT2D eigenvalue weighted by molar-refractivity contribution is 0.995. The van der Waals surface area contributed by atoms with Gasteiger partial charge in [-0.3, -0.25) is 4.79 Å². The second-order valence-corrected chi connectivity index (χ2v) is 4.63. The van der Waals surface area contributed by atoms with Crippen LogP contribution in [0.25, 0.3) is 11.3 Å². The van der Waals surface area contributed by atoms with Crippen LogP contribution in [0.1, 0.15) is 5.56 Å². The van der Waals surface area contributed by atoms with Crippen LogP contribution in [0, 0.1) is 6.92 Å². The van der Waals surface area contributed by atoms with E-state index in [0.29, 0.717) is 31.9 Å². The van der Waals surface area contributed by atoms with Gasteiger partial charge in [0.25, 0.3) is 5.56 Å². The molecule has 0 atom stereocenters. The fourth-order valence-electron chi connectivity index (χ4n) is 1.37. The summed E-state index contributed by atoms with van der Waals surface area (Å²) in [6.07, 6.45) is 0. The summed E-state index contributed by atoms with van der Waals surface area (Å²) >= 11 is 18.2. The lowest BCUT2D eigenvalue weighted by Crippen LogP contribution is -2.05. The minimum Gasteiger partial charge on any atom is -0.268 e. The molecular weight excluding hydrogens is 282 g/mol. The van der Waals surface area contributed by atoms with Crippen molar-refractivity contribution in [3.8, 4) is 11.3 Å². The zero-order valence-electron chi connectivity index (χ0n) is 8.72. The molecule has 1 N–H and O–H groups in total. The number of H-pyrrole nitrogens is 1. The summed E-state index contributed by atoms with van der Waals surface area (Å²) in [6, 6.07) is 4.59. The molecule has 0 radical (unpaired) electrons. The van der Waals surface area contributed by atoms with E-state index < -0.39 is 0 Å². The van der Waals surface area contributed by atoms with Gasteiger partial charge >= 0.3 is 0 Å². The summed E-state index contributed by atoms with van der Waals surface area (Å²) in [6.45, 7) is 1.78. The summed E-state index contributed by atoms with van der Waals surface area (Å²) in [5, 5.41) is 7.47. The lowest BCUT2D eigenvalue weighted by atomic mass is 10.1. The summed E-state index contributed by atoms with van der Waals surface area (Å²) in [4.78, 5) is 10.9. The van der Waals surface area contributed by atoms with Crippen molar-refractivity contribution in [2.24, 2.45) is 0 Å².